The Morgan fingerprint density at radius 2 is 2.05 bits per heavy atom. The van der Waals surface area contributed by atoms with Crippen LogP contribution >= 0.6 is 0 Å². The number of nitrogens with one attached hydrogen (secondary N) is 1. The molecule has 2 aromatic rings. The van der Waals surface area contributed by atoms with Gasteiger partial charge in [0.05, 0.1) is 12.2 Å². The van der Waals surface area contributed by atoms with Crippen molar-refractivity contribution in [1.82, 2.24) is 0 Å². The van der Waals surface area contributed by atoms with Crippen molar-refractivity contribution < 1.29 is 14.6 Å². The third-order valence-electron chi connectivity index (χ3n) is 3.99. The summed E-state index contributed by atoms with van der Waals surface area (Å²) in [5.74, 6) is -0.366. The fourth-order valence-electron chi connectivity index (χ4n) is 2.86. The summed E-state index contributed by atoms with van der Waals surface area (Å²) in [6.07, 6.45) is 2.29. The molecule has 110 valence electrons. The molecule has 1 fully saturated rings. The van der Waals surface area contributed by atoms with E-state index in [0.29, 0.717) is 11.5 Å². The highest BCUT2D eigenvalue weighted by Crippen LogP contribution is 2.27. The smallest absolute Gasteiger partial charge is 0.336 e. The Hall–Kier alpha value is -2.07. The molecule has 0 bridgehead atoms. The quantitative estimate of drug-likeness (QED) is 0.904. The predicted molar refractivity (Wildman–Crippen MR) is 82.9 cm³/mol. The minimum absolute atomic E-state index is 0.345. The maximum Gasteiger partial charge on any atom is 0.336 e. The summed E-state index contributed by atoms with van der Waals surface area (Å²) in [5.41, 5.74) is 1.33. The summed E-state index contributed by atoms with van der Waals surface area (Å²) in [4.78, 5) is 11.3. The molecular formula is C17H19NO3. The van der Waals surface area contributed by atoms with Gasteiger partial charge in [0.25, 0.3) is 0 Å². The van der Waals surface area contributed by atoms with Gasteiger partial charge >= 0.3 is 5.97 Å². The van der Waals surface area contributed by atoms with Gasteiger partial charge < -0.3 is 15.2 Å². The van der Waals surface area contributed by atoms with E-state index < -0.39 is 5.97 Å². The minimum atomic E-state index is -0.890. The van der Waals surface area contributed by atoms with Crippen molar-refractivity contribution >= 4 is 22.4 Å². The summed E-state index contributed by atoms with van der Waals surface area (Å²) in [5, 5.41) is 14.4. The molecule has 0 amide bonds. The highest BCUT2D eigenvalue weighted by Gasteiger charge is 2.15. The summed E-state index contributed by atoms with van der Waals surface area (Å²) in [6.45, 7) is 2.53. The van der Waals surface area contributed by atoms with E-state index in [2.05, 4.69) is 5.32 Å². The molecule has 2 aromatic carbocycles. The number of ether oxygens (including phenoxy) is 1. The Labute approximate surface area is 123 Å². The number of aromatic carboxylic acids is 1. The van der Waals surface area contributed by atoms with Crippen molar-refractivity contribution in [2.24, 2.45) is 5.92 Å². The fraction of sp³-hybridized carbons (Fsp3) is 0.353. The summed E-state index contributed by atoms with van der Waals surface area (Å²) in [6, 6.07) is 11.1. The molecule has 4 nitrogen and oxygen atoms in total. The molecule has 21 heavy (non-hydrogen) atoms. The molecule has 2 N–H and O–H groups in total. The lowest BCUT2D eigenvalue weighted by atomic mass is 10.0. The van der Waals surface area contributed by atoms with E-state index in [1.165, 1.54) is 6.42 Å². The molecular weight excluding hydrogens is 266 g/mol. The van der Waals surface area contributed by atoms with Crippen molar-refractivity contribution in [2.75, 3.05) is 25.1 Å². The molecule has 0 aliphatic carbocycles. The molecule has 3 rings (SSSR count). The number of hydrogen-bond acceptors (Lipinski definition) is 3. The Morgan fingerprint density at radius 1 is 1.24 bits per heavy atom. The van der Waals surface area contributed by atoms with Crippen LogP contribution in [-0.4, -0.2) is 30.8 Å². The Bertz CT molecular complexity index is 648. The first kappa shape index (κ1) is 13.9. The first-order valence-corrected chi connectivity index (χ1v) is 7.32. The lowest BCUT2D eigenvalue weighted by Gasteiger charge is -2.23. The fourth-order valence-corrected chi connectivity index (χ4v) is 2.86. The largest absolute Gasteiger partial charge is 0.478 e. The average Bonchev–Trinajstić information content (AvgIpc) is 2.53. The Balaban J connectivity index is 1.85. The number of fused-ring (bicyclic) bond motifs is 1. The number of carboxylic acid groups (broad SMARTS) is 1. The summed E-state index contributed by atoms with van der Waals surface area (Å²) < 4.78 is 5.49. The molecule has 4 heteroatoms. The van der Waals surface area contributed by atoms with Crippen LogP contribution in [0, 0.1) is 5.92 Å². The van der Waals surface area contributed by atoms with Gasteiger partial charge in [-0.05, 0) is 36.3 Å². The highest BCUT2D eigenvalue weighted by molar-refractivity contribution is 6.07. The van der Waals surface area contributed by atoms with Gasteiger partial charge in [0.15, 0.2) is 0 Å². The summed E-state index contributed by atoms with van der Waals surface area (Å²) >= 11 is 0. The molecule has 0 radical (unpaired) electrons. The molecule has 1 heterocycles. The molecule has 0 saturated carbocycles. The molecule has 1 unspecified atom stereocenters. The van der Waals surface area contributed by atoms with E-state index in [1.54, 1.807) is 6.07 Å². The first-order chi connectivity index (χ1) is 10.3. The van der Waals surface area contributed by atoms with E-state index in [-0.39, 0.29) is 0 Å². The van der Waals surface area contributed by atoms with Crippen LogP contribution in [0.2, 0.25) is 0 Å². The van der Waals surface area contributed by atoms with E-state index >= 15 is 0 Å². The van der Waals surface area contributed by atoms with Gasteiger partial charge in [-0.1, -0.05) is 24.3 Å². The van der Waals surface area contributed by atoms with Crippen molar-refractivity contribution in [1.29, 1.82) is 0 Å². The van der Waals surface area contributed by atoms with Crippen LogP contribution in [0.4, 0.5) is 5.69 Å². The maximum absolute atomic E-state index is 11.3. The Morgan fingerprint density at radius 3 is 2.76 bits per heavy atom. The molecule has 1 atom stereocenters. The van der Waals surface area contributed by atoms with Gasteiger partial charge in [-0.25, -0.2) is 4.79 Å². The molecule has 1 saturated heterocycles. The van der Waals surface area contributed by atoms with Gasteiger partial charge in [-0.2, -0.15) is 0 Å². The van der Waals surface area contributed by atoms with Gasteiger partial charge in [-0.3, -0.25) is 0 Å². The third-order valence-corrected chi connectivity index (χ3v) is 3.99. The normalized spacial score (nSPS) is 18.6. The third kappa shape index (κ3) is 3.00. The van der Waals surface area contributed by atoms with Crippen molar-refractivity contribution in [3.05, 3.63) is 42.0 Å². The van der Waals surface area contributed by atoms with E-state index in [0.717, 1.165) is 42.6 Å². The number of rotatable bonds is 4. The topological polar surface area (TPSA) is 58.6 Å². The van der Waals surface area contributed by atoms with Crippen LogP contribution in [0.15, 0.2) is 36.4 Å². The van der Waals surface area contributed by atoms with Gasteiger partial charge in [-0.15, -0.1) is 0 Å². The van der Waals surface area contributed by atoms with E-state index in [4.69, 9.17) is 4.74 Å². The van der Waals surface area contributed by atoms with Crippen molar-refractivity contribution in [3.63, 3.8) is 0 Å². The molecule has 1 aliphatic heterocycles. The number of carboxylic acids is 1. The SMILES string of the molecule is O=C(O)c1ccc(NCC2CCCOC2)c2ccccc12. The number of hydrogen-bond donors (Lipinski definition) is 2. The van der Waals surface area contributed by atoms with Gasteiger partial charge in [0.2, 0.25) is 0 Å². The average molecular weight is 285 g/mol. The van der Waals surface area contributed by atoms with Crippen LogP contribution in [0.3, 0.4) is 0 Å². The standard InChI is InChI=1S/C17H19NO3/c19-17(20)15-7-8-16(14-6-2-1-5-13(14)15)18-10-12-4-3-9-21-11-12/h1-2,5-8,12,18H,3-4,9-11H2,(H,19,20). The first-order valence-electron chi connectivity index (χ1n) is 7.32. The minimum Gasteiger partial charge on any atom is -0.478 e. The lowest BCUT2D eigenvalue weighted by molar-refractivity contribution is 0.0595. The second kappa shape index (κ2) is 6.14. The number of anilines is 1. The van der Waals surface area contributed by atoms with Crippen molar-refractivity contribution in [3.8, 4) is 0 Å². The Kier molecular flexibility index (Phi) is 4.06. The number of carbonyl (C=O) groups is 1. The highest BCUT2D eigenvalue weighted by atomic mass is 16.5. The zero-order valence-electron chi connectivity index (χ0n) is 11.8. The van der Waals surface area contributed by atoms with Crippen LogP contribution in [0.25, 0.3) is 10.8 Å². The molecule has 0 spiro atoms. The van der Waals surface area contributed by atoms with Crippen LogP contribution < -0.4 is 5.32 Å². The van der Waals surface area contributed by atoms with Crippen LogP contribution in [0.1, 0.15) is 23.2 Å². The molecule has 1 aliphatic rings. The monoisotopic (exact) mass is 285 g/mol. The lowest BCUT2D eigenvalue weighted by Crippen LogP contribution is -2.24. The zero-order chi connectivity index (χ0) is 14.7. The number of benzene rings is 2. The van der Waals surface area contributed by atoms with E-state index in [1.807, 2.05) is 30.3 Å². The maximum atomic E-state index is 11.3. The second-order valence-corrected chi connectivity index (χ2v) is 5.48. The summed E-state index contributed by atoms with van der Waals surface area (Å²) in [7, 11) is 0. The van der Waals surface area contributed by atoms with Crippen LogP contribution in [0.5, 0.6) is 0 Å². The zero-order valence-corrected chi connectivity index (χ0v) is 11.8. The predicted octanol–water partition coefficient (Wildman–Crippen LogP) is 3.38. The van der Waals surface area contributed by atoms with Crippen LogP contribution in [-0.2, 0) is 4.74 Å². The van der Waals surface area contributed by atoms with Gasteiger partial charge in [0.1, 0.15) is 0 Å². The van der Waals surface area contributed by atoms with Crippen molar-refractivity contribution in [2.45, 2.75) is 12.8 Å². The second-order valence-electron chi connectivity index (χ2n) is 5.48. The van der Waals surface area contributed by atoms with Gasteiger partial charge in [0, 0.05) is 24.2 Å². The van der Waals surface area contributed by atoms with E-state index in [9.17, 15) is 9.90 Å². The molecule has 0 aromatic heterocycles.